The van der Waals surface area contributed by atoms with Crippen LogP contribution in [0.5, 0.6) is 5.88 Å². The Labute approximate surface area is 130 Å². The molecular weight excluding hydrogens is 280 g/mol. The van der Waals surface area contributed by atoms with E-state index in [0.717, 1.165) is 11.1 Å². The second kappa shape index (κ2) is 7.56. The van der Waals surface area contributed by atoms with E-state index in [1.807, 2.05) is 38.1 Å². The van der Waals surface area contributed by atoms with Gasteiger partial charge in [-0.05, 0) is 37.1 Å². The lowest BCUT2D eigenvalue weighted by Gasteiger charge is -2.15. The molecule has 0 aliphatic rings. The van der Waals surface area contributed by atoms with Crippen molar-refractivity contribution in [1.82, 2.24) is 10.3 Å². The molecule has 1 unspecified atom stereocenters. The van der Waals surface area contributed by atoms with Gasteiger partial charge in [0, 0.05) is 12.7 Å². The highest BCUT2D eigenvalue weighted by Crippen LogP contribution is 2.17. The monoisotopic (exact) mass is 300 g/mol. The van der Waals surface area contributed by atoms with Crippen LogP contribution in [0, 0.1) is 6.92 Å². The van der Waals surface area contributed by atoms with Crippen LogP contribution in [0.3, 0.4) is 0 Å². The molecule has 2 N–H and O–H groups in total. The Bertz CT molecular complexity index is 643. The molecule has 5 heteroatoms. The highest BCUT2D eigenvalue weighted by Gasteiger charge is 2.16. The average Bonchev–Trinajstić information content (AvgIpc) is 2.53. The minimum Gasteiger partial charge on any atom is -0.477 e. The summed E-state index contributed by atoms with van der Waals surface area (Å²) in [5.74, 6) is -0.0166. The van der Waals surface area contributed by atoms with E-state index in [1.54, 1.807) is 18.3 Å². The number of pyridine rings is 1. The molecule has 0 radical (unpaired) electrons. The smallest absolute Gasteiger partial charge is 0.256 e. The number of benzene rings is 1. The van der Waals surface area contributed by atoms with Crippen LogP contribution in [0.1, 0.15) is 34.5 Å². The molecule has 0 spiro atoms. The largest absolute Gasteiger partial charge is 0.477 e. The fraction of sp³-hybridized carbons (Fsp3) is 0.294. The number of aryl methyl sites for hydroxylation is 1. The second-order valence-corrected chi connectivity index (χ2v) is 4.87. The number of nitrogens with one attached hydrogen (secondary N) is 1. The normalized spacial score (nSPS) is 11.8. The van der Waals surface area contributed by atoms with Gasteiger partial charge in [-0.2, -0.15) is 0 Å². The fourth-order valence-electron chi connectivity index (χ4n) is 2.17. The predicted octanol–water partition coefficient (Wildman–Crippen LogP) is 2.25. The predicted molar refractivity (Wildman–Crippen MR) is 83.9 cm³/mol. The first-order valence-corrected chi connectivity index (χ1v) is 7.23. The number of aromatic nitrogens is 1. The van der Waals surface area contributed by atoms with E-state index < -0.39 is 6.10 Å². The molecule has 1 aromatic heterocycles. The number of ether oxygens (including phenoxy) is 1. The van der Waals surface area contributed by atoms with Gasteiger partial charge in [-0.1, -0.05) is 24.3 Å². The fourth-order valence-corrected chi connectivity index (χ4v) is 2.17. The quantitative estimate of drug-likeness (QED) is 0.858. The van der Waals surface area contributed by atoms with E-state index in [2.05, 4.69) is 10.3 Å². The van der Waals surface area contributed by atoms with Crippen molar-refractivity contribution >= 4 is 5.91 Å². The Morgan fingerprint density at radius 3 is 2.82 bits per heavy atom. The third-order valence-electron chi connectivity index (χ3n) is 3.30. The van der Waals surface area contributed by atoms with Crippen LogP contribution in [0.15, 0.2) is 42.6 Å². The molecule has 0 saturated heterocycles. The highest BCUT2D eigenvalue weighted by molar-refractivity contribution is 5.96. The van der Waals surface area contributed by atoms with E-state index in [0.29, 0.717) is 18.1 Å². The summed E-state index contributed by atoms with van der Waals surface area (Å²) in [5, 5.41) is 12.9. The summed E-state index contributed by atoms with van der Waals surface area (Å²) in [7, 11) is 0. The van der Waals surface area contributed by atoms with E-state index in [1.165, 1.54) is 0 Å². The van der Waals surface area contributed by atoms with Crippen LogP contribution < -0.4 is 10.1 Å². The summed E-state index contributed by atoms with van der Waals surface area (Å²) in [4.78, 5) is 16.3. The molecule has 1 aromatic carbocycles. The van der Waals surface area contributed by atoms with Crippen LogP contribution in [0.4, 0.5) is 0 Å². The summed E-state index contributed by atoms with van der Waals surface area (Å²) in [6, 6.07) is 10.9. The highest BCUT2D eigenvalue weighted by atomic mass is 16.5. The van der Waals surface area contributed by atoms with Crippen LogP contribution in [-0.4, -0.2) is 29.1 Å². The Hall–Kier alpha value is -2.40. The van der Waals surface area contributed by atoms with E-state index in [-0.39, 0.29) is 12.5 Å². The minimum absolute atomic E-state index is 0.129. The molecule has 1 amide bonds. The van der Waals surface area contributed by atoms with Crippen molar-refractivity contribution in [3.8, 4) is 5.88 Å². The number of rotatable bonds is 6. The van der Waals surface area contributed by atoms with Crippen molar-refractivity contribution in [1.29, 1.82) is 0 Å². The van der Waals surface area contributed by atoms with Crippen LogP contribution >= 0.6 is 0 Å². The average molecular weight is 300 g/mol. The molecule has 0 bridgehead atoms. The molecule has 116 valence electrons. The number of carbonyl (C=O) groups is 1. The molecule has 0 aliphatic heterocycles. The number of hydrogen-bond acceptors (Lipinski definition) is 4. The van der Waals surface area contributed by atoms with Gasteiger partial charge in [0.05, 0.1) is 12.7 Å². The molecule has 0 saturated carbocycles. The van der Waals surface area contributed by atoms with Crippen LogP contribution in [-0.2, 0) is 0 Å². The van der Waals surface area contributed by atoms with E-state index >= 15 is 0 Å². The SMILES string of the molecule is CCOc1ncccc1C(=O)NCC(O)c1ccccc1C. The molecule has 0 aliphatic carbocycles. The number of hydrogen-bond donors (Lipinski definition) is 2. The first-order chi connectivity index (χ1) is 10.6. The van der Waals surface area contributed by atoms with E-state index in [9.17, 15) is 9.90 Å². The maximum absolute atomic E-state index is 12.2. The molecule has 5 nitrogen and oxygen atoms in total. The summed E-state index contributed by atoms with van der Waals surface area (Å²) in [5.41, 5.74) is 2.15. The molecule has 1 atom stereocenters. The van der Waals surface area contributed by atoms with Gasteiger partial charge in [0.15, 0.2) is 0 Å². The van der Waals surface area contributed by atoms with Gasteiger partial charge in [-0.15, -0.1) is 0 Å². The molecule has 0 fully saturated rings. The van der Waals surface area contributed by atoms with Crippen molar-refractivity contribution in [2.24, 2.45) is 0 Å². The molecule has 2 rings (SSSR count). The van der Waals surface area contributed by atoms with Gasteiger partial charge in [0.2, 0.25) is 5.88 Å². The topological polar surface area (TPSA) is 71.5 Å². The zero-order chi connectivity index (χ0) is 15.9. The first-order valence-electron chi connectivity index (χ1n) is 7.23. The second-order valence-electron chi connectivity index (χ2n) is 4.87. The standard InChI is InChI=1S/C17H20N2O3/c1-3-22-17-14(9-6-10-18-17)16(21)19-11-15(20)13-8-5-4-7-12(13)2/h4-10,15,20H,3,11H2,1-2H3,(H,19,21). The van der Waals surface area contributed by atoms with Crippen molar-refractivity contribution in [2.75, 3.05) is 13.2 Å². The van der Waals surface area contributed by atoms with Gasteiger partial charge in [-0.3, -0.25) is 4.79 Å². The molecular formula is C17H20N2O3. The zero-order valence-corrected chi connectivity index (χ0v) is 12.7. The van der Waals surface area contributed by atoms with Crippen LogP contribution in [0.2, 0.25) is 0 Å². The summed E-state index contributed by atoms with van der Waals surface area (Å²) >= 11 is 0. The first kappa shape index (κ1) is 16.0. The third-order valence-corrected chi connectivity index (χ3v) is 3.30. The number of aliphatic hydroxyl groups is 1. The van der Waals surface area contributed by atoms with Gasteiger partial charge >= 0.3 is 0 Å². The minimum atomic E-state index is -0.752. The van der Waals surface area contributed by atoms with Crippen molar-refractivity contribution in [3.63, 3.8) is 0 Å². The van der Waals surface area contributed by atoms with Crippen molar-refractivity contribution in [3.05, 3.63) is 59.3 Å². The molecule has 1 heterocycles. The number of amides is 1. The van der Waals surface area contributed by atoms with Gasteiger partial charge in [-0.25, -0.2) is 4.98 Å². The van der Waals surface area contributed by atoms with Gasteiger partial charge in [0.1, 0.15) is 5.56 Å². The Morgan fingerprint density at radius 2 is 2.09 bits per heavy atom. The van der Waals surface area contributed by atoms with Gasteiger partial charge < -0.3 is 15.2 Å². The molecule has 2 aromatic rings. The molecule has 22 heavy (non-hydrogen) atoms. The maximum Gasteiger partial charge on any atom is 0.256 e. The number of nitrogens with zero attached hydrogens (tertiary/aromatic N) is 1. The van der Waals surface area contributed by atoms with Crippen molar-refractivity contribution in [2.45, 2.75) is 20.0 Å². The third kappa shape index (κ3) is 3.83. The number of aliphatic hydroxyl groups excluding tert-OH is 1. The summed E-state index contributed by atoms with van der Waals surface area (Å²) in [6.07, 6.45) is 0.821. The Balaban J connectivity index is 2.03. The lowest BCUT2D eigenvalue weighted by Crippen LogP contribution is -2.29. The lowest BCUT2D eigenvalue weighted by atomic mass is 10.0. The number of carbonyl (C=O) groups excluding carboxylic acids is 1. The van der Waals surface area contributed by atoms with Crippen molar-refractivity contribution < 1.29 is 14.6 Å². The van der Waals surface area contributed by atoms with E-state index in [4.69, 9.17) is 4.74 Å². The van der Waals surface area contributed by atoms with Crippen LogP contribution in [0.25, 0.3) is 0 Å². The maximum atomic E-state index is 12.2. The summed E-state index contributed by atoms with van der Waals surface area (Å²) in [6.45, 7) is 4.32. The van der Waals surface area contributed by atoms with Gasteiger partial charge in [0.25, 0.3) is 5.91 Å². The lowest BCUT2D eigenvalue weighted by molar-refractivity contribution is 0.0911. The summed E-state index contributed by atoms with van der Waals surface area (Å²) < 4.78 is 5.33. The Kier molecular flexibility index (Phi) is 5.49. The Morgan fingerprint density at radius 1 is 1.32 bits per heavy atom. The zero-order valence-electron chi connectivity index (χ0n) is 12.7.